The predicted molar refractivity (Wildman–Crippen MR) is 115 cm³/mol. The standard InChI is InChI=1S/C21H31N3O4.ClH/c1-27-18-12-15(21(26)24-9-4-3-5-10-24)17(13-19(18)28-2)23-20(25)11-14-7-6-8-16(14)22;/h12-14,16H,3-11,22H2,1-2H3,(H,23,25);1H/t14-,16+;/m0./s1. The van der Waals surface area contributed by atoms with Gasteiger partial charge in [-0.05, 0) is 44.1 Å². The Morgan fingerprint density at radius 3 is 2.31 bits per heavy atom. The van der Waals surface area contributed by atoms with Crippen LogP contribution in [0.1, 0.15) is 55.3 Å². The summed E-state index contributed by atoms with van der Waals surface area (Å²) in [6.45, 7) is 1.47. The van der Waals surface area contributed by atoms with E-state index >= 15 is 0 Å². The Labute approximate surface area is 178 Å². The van der Waals surface area contributed by atoms with Crippen molar-refractivity contribution in [2.24, 2.45) is 11.7 Å². The van der Waals surface area contributed by atoms with Crippen molar-refractivity contribution < 1.29 is 19.1 Å². The number of nitrogens with two attached hydrogens (primary N) is 1. The number of rotatable bonds is 6. The number of hydrogen-bond donors (Lipinski definition) is 2. The molecular formula is C21H32ClN3O4. The van der Waals surface area contributed by atoms with Crippen LogP contribution in [0.5, 0.6) is 11.5 Å². The van der Waals surface area contributed by atoms with E-state index in [1.165, 1.54) is 14.2 Å². The Hall–Kier alpha value is -1.99. The quantitative estimate of drug-likeness (QED) is 0.729. The Morgan fingerprint density at radius 1 is 1.07 bits per heavy atom. The molecule has 0 spiro atoms. The van der Waals surface area contributed by atoms with Crippen LogP contribution in [-0.4, -0.2) is 50.1 Å². The fourth-order valence-electron chi connectivity index (χ4n) is 4.19. The molecule has 0 radical (unpaired) electrons. The summed E-state index contributed by atoms with van der Waals surface area (Å²) in [6, 6.07) is 3.40. The van der Waals surface area contributed by atoms with Gasteiger partial charge in [0.25, 0.3) is 5.91 Å². The third-order valence-corrected chi connectivity index (χ3v) is 5.84. The number of anilines is 1. The monoisotopic (exact) mass is 425 g/mol. The minimum absolute atomic E-state index is 0. The first-order valence-corrected chi connectivity index (χ1v) is 10.1. The fourth-order valence-corrected chi connectivity index (χ4v) is 4.19. The first-order valence-electron chi connectivity index (χ1n) is 10.1. The number of methoxy groups -OCH3 is 2. The molecule has 1 aromatic carbocycles. The maximum Gasteiger partial charge on any atom is 0.256 e. The first kappa shape index (κ1) is 23.3. The molecule has 2 amide bonds. The summed E-state index contributed by atoms with van der Waals surface area (Å²) in [5, 5.41) is 2.93. The summed E-state index contributed by atoms with van der Waals surface area (Å²) in [4.78, 5) is 27.6. The van der Waals surface area contributed by atoms with Gasteiger partial charge < -0.3 is 25.4 Å². The molecule has 0 bridgehead atoms. The Balaban J connectivity index is 0.00000300. The van der Waals surface area contributed by atoms with Gasteiger partial charge in [0, 0.05) is 31.6 Å². The summed E-state index contributed by atoms with van der Waals surface area (Å²) in [5.74, 6) is 0.932. The van der Waals surface area contributed by atoms with Crippen molar-refractivity contribution in [1.82, 2.24) is 4.90 Å². The Kier molecular flexibility index (Phi) is 8.59. The van der Waals surface area contributed by atoms with Crippen LogP contribution in [0.15, 0.2) is 12.1 Å². The Bertz CT molecular complexity index is 722. The largest absolute Gasteiger partial charge is 0.493 e. The molecule has 2 aliphatic rings. The second-order valence-corrected chi connectivity index (χ2v) is 7.71. The van der Waals surface area contributed by atoms with Crippen LogP contribution in [0.4, 0.5) is 5.69 Å². The number of likely N-dealkylation sites (tertiary alicyclic amines) is 1. The van der Waals surface area contributed by atoms with E-state index in [1.54, 1.807) is 12.1 Å². The van der Waals surface area contributed by atoms with E-state index in [1.807, 2.05) is 4.90 Å². The molecule has 1 aliphatic carbocycles. The highest BCUT2D eigenvalue weighted by Crippen LogP contribution is 2.35. The predicted octanol–water partition coefficient (Wildman–Crippen LogP) is 3.21. The zero-order valence-corrected chi connectivity index (χ0v) is 18.1. The highest BCUT2D eigenvalue weighted by Gasteiger charge is 2.28. The molecule has 3 rings (SSSR count). The minimum Gasteiger partial charge on any atom is -0.493 e. The minimum atomic E-state index is -0.123. The smallest absolute Gasteiger partial charge is 0.256 e. The second kappa shape index (κ2) is 10.7. The fraction of sp³-hybridized carbons (Fsp3) is 0.619. The molecule has 2 atom stereocenters. The Morgan fingerprint density at radius 2 is 1.72 bits per heavy atom. The first-order chi connectivity index (χ1) is 13.5. The van der Waals surface area contributed by atoms with E-state index in [-0.39, 0.29) is 36.2 Å². The van der Waals surface area contributed by atoms with Crippen molar-refractivity contribution in [3.05, 3.63) is 17.7 Å². The molecule has 1 saturated heterocycles. The number of amides is 2. The second-order valence-electron chi connectivity index (χ2n) is 7.71. The van der Waals surface area contributed by atoms with Crippen LogP contribution in [0.2, 0.25) is 0 Å². The number of carbonyl (C=O) groups excluding carboxylic acids is 2. The molecule has 1 aromatic rings. The van der Waals surface area contributed by atoms with E-state index in [0.717, 1.165) is 51.6 Å². The van der Waals surface area contributed by atoms with Gasteiger partial charge in [-0.3, -0.25) is 9.59 Å². The van der Waals surface area contributed by atoms with Crippen LogP contribution in [0.25, 0.3) is 0 Å². The van der Waals surface area contributed by atoms with E-state index in [4.69, 9.17) is 15.2 Å². The van der Waals surface area contributed by atoms with Gasteiger partial charge in [0.2, 0.25) is 5.91 Å². The topological polar surface area (TPSA) is 93.9 Å². The average Bonchev–Trinajstić information content (AvgIpc) is 3.12. The molecule has 1 heterocycles. The van der Waals surface area contributed by atoms with Gasteiger partial charge in [0.05, 0.1) is 25.5 Å². The van der Waals surface area contributed by atoms with E-state index in [9.17, 15) is 9.59 Å². The number of hydrogen-bond acceptors (Lipinski definition) is 5. The highest BCUT2D eigenvalue weighted by atomic mass is 35.5. The SMILES string of the molecule is COc1cc(NC(=O)C[C@@H]2CCC[C@H]2N)c(C(=O)N2CCCCC2)cc1OC.Cl. The molecule has 7 nitrogen and oxygen atoms in total. The molecule has 2 fully saturated rings. The molecule has 8 heteroatoms. The molecule has 0 aromatic heterocycles. The lowest BCUT2D eigenvalue weighted by Gasteiger charge is -2.28. The number of halogens is 1. The highest BCUT2D eigenvalue weighted by molar-refractivity contribution is 6.04. The van der Waals surface area contributed by atoms with E-state index < -0.39 is 0 Å². The van der Waals surface area contributed by atoms with Crippen molar-refractivity contribution in [2.45, 2.75) is 51.0 Å². The summed E-state index contributed by atoms with van der Waals surface area (Å²) < 4.78 is 10.7. The number of ether oxygens (including phenoxy) is 2. The van der Waals surface area contributed by atoms with Gasteiger partial charge in [-0.2, -0.15) is 0 Å². The van der Waals surface area contributed by atoms with Gasteiger partial charge in [0.15, 0.2) is 11.5 Å². The van der Waals surface area contributed by atoms with Crippen molar-refractivity contribution in [1.29, 1.82) is 0 Å². The van der Waals surface area contributed by atoms with Crippen molar-refractivity contribution in [3.8, 4) is 11.5 Å². The lowest BCUT2D eigenvalue weighted by Crippen LogP contribution is -2.36. The maximum atomic E-state index is 13.1. The van der Waals surface area contributed by atoms with Gasteiger partial charge in [-0.25, -0.2) is 0 Å². The van der Waals surface area contributed by atoms with Crippen LogP contribution in [0, 0.1) is 5.92 Å². The summed E-state index contributed by atoms with van der Waals surface area (Å²) >= 11 is 0. The van der Waals surface area contributed by atoms with Crippen LogP contribution in [0.3, 0.4) is 0 Å². The third kappa shape index (κ3) is 5.54. The lowest BCUT2D eigenvalue weighted by molar-refractivity contribution is -0.117. The zero-order chi connectivity index (χ0) is 20.1. The van der Waals surface area contributed by atoms with E-state index in [2.05, 4.69) is 5.32 Å². The lowest BCUT2D eigenvalue weighted by atomic mass is 9.99. The van der Waals surface area contributed by atoms with Gasteiger partial charge >= 0.3 is 0 Å². The zero-order valence-electron chi connectivity index (χ0n) is 17.2. The average molecular weight is 426 g/mol. The number of nitrogens with one attached hydrogen (secondary N) is 1. The van der Waals surface area contributed by atoms with Gasteiger partial charge in [0.1, 0.15) is 0 Å². The van der Waals surface area contributed by atoms with Gasteiger partial charge in [-0.15, -0.1) is 12.4 Å². The third-order valence-electron chi connectivity index (χ3n) is 5.84. The number of nitrogens with zero attached hydrogens (tertiary/aromatic N) is 1. The van der Waals surface area contributed by atoms with Crippen LogP contribution < -0.4 is 20.5 Å². The van der Waals surface area contributed by atoms with Crippen molar-refractivity contribution >= 4 is 29.9 Å². The normalized spacial score (nSPS) is 21.3. The number of piperidine rings is 1. The van der Waals surface area contributed by atoms with Crippen molar-refractivity contribution in [3.63, 3.8) is 0 Å². The summed E-state index contributed by atoms with van der Waals surface area (Å²) in [6.07, 6.45) is 6.51. The molecule has 162 valence electrons. The number of benzene rings is 1. The molecule has 3 N–H and O–H groups in total. The van der Waals surface area contributed by atoms with E-state index in [0.29, 0.717) is 29.2 Å². The summed E-state index contributed by atoms with van der Waals surface area (Å²) in [7, 11) is 3.07. The van der Waals surface area contributed by atoms with Gasteiger partial charge in [-0.1, -0.05) is 6.42 Å². The molecular weight excluding hydrogens is 394 g/mol. The molecule has 29 heavy (non-hydrogen) atoms. The van der Waals surface area contributed by atoms with Crippen LogP contribution in [-0.2, 0) is 4.79 Å². The summed E-state index contributed by atoms with van der Waals surface area (Å²) in [5.41, 5.74) is 7.00. The van der Waals surface area contributed by atoms with Crippen LogP contribution >= 0.6 is 12.4 Å². The maximum absolute atomic E-state index is 13.1. The number of carbonyl (C=O) groups is 2. The molecule has 1 aliphatic heterocycles. The van der Waals surface area contributed by atoms with Crippen molar-refractivity contribution in [2.75, 3.05) is 32.6 Å². The molecule has 1 saturated carbocycles. The molecule has 0 unspecified atom stereocenters.